The van der Waals surface area contributed by atoms with Crippen molar-refractivity contribution >= 4 is 23.4 Å². The average molecular weight is 236 g/mol. The first-order valence-corrected chi connectivity index (χ1v) is 6.62. The van der Waals surface area contributed by atoms with Crippen LogP contribution in [0.3, 0.4) is 0 Å². The number of benzene rings is 1. The van der Waals surface area contributed by atoms with Crippen molar-refractivity contribution in [1.29, 1.82) is 0 Å². The summed E-state index contributed by atoms with van der Waals surface area (Å²) in [5, 5.41) is 6.11. The third-order valence-electron chi connectivity index (χ3n) is 2.71. The van der Waals surface area contributed by atoms with Gasteiger partial charge in [0.1, 0.15) is 0 Å². The van der Waals surface area contributed by atoms with E-state index in [1.54, 1.807) is 0 Å². The molecule has 4 heteroatoms. The highest BCUT2D eigenvalue weighted by molar-refractivity contribution is 7.99. The fourth-order valence-corrected chi connectivity index (χ4v) is 2.96. The molecule has 1 fully saturated rings. The summed E-state index contributed by atoms with van der Waals surface area (Å²) in [6, 6.07) is 7.91. The van der Waals surface area contributed by atoms with Crippen LogP contribution in [-0.4, -0.2) is 30.5 Å². The first-order chi connectivity index (χ1) is 7.81. The Labute approximate surface area is 100.0 Å². The summed E-state index contributed by atoms with van der Waals surface area (Å²) in [6.07, 6.45) is 1.08. The number of para-hydroxylation sites is 1. The van der Waals surface area contributed by atoms with E-state index in [-0.39, 0.29) is 5.91 Å². The van der Waals surface area contributed by atoms with Crippen molar-refractivity contribution in [2.75, 3.05) is 23.9 Å². The third-order valence-corrected chi connectivity index (χ3v) is 3.87. The zero-order valence-corrected chi connectivity index (χ0v) is 10.1. The topological polar surface area (TPSA) is 41.1 Å². The second kappa shape index (κ2) is 5.25. The number of rotatable bonds is 3. The number of thioether (sulfide) groups is 1. The number of amides is 1. The van der Waals surface area contributed by atoms with E-state index < -0.39 is 0 Å². The van der Waals surface area contributed by atoms with Crippen LogP contribution in [0.4, 0.5) is 5.69 Å². The first kappa shape index (κ1) is 11.3. The Morgan fingerprint density at radius 3 is 2.94 bits per heavy atom. The molecule has 1 saturated heterocycles. The molecule has 86 valence electrons. The van der Waals surface area contributed by atoms with Crippen molar-refractivity contribution in [3.05, 3.63) is 29.8 Å². The lowest BCUT2D eigenvalue weighted by atomic mass is 10.1. The van der Waals surface area contributed by atoms with Crippen LogP contribution in [0.15, 0.2) is 24.3 Å². The largest absolute Gasteiger partial charge is 0.387 e. The number of carbonyl (C=O) groups excluding carboxylic acids is 1. The average Bonchev–Trinajstić information content (AvgIpc) is 2.81. The van der Waals surface area contributed by atoms with Crippen LogP contribution in [0, 0.1) is 0 Å². The molecule has 1 aromatic carbocycles. The number of anilines is 1. The summed E-state index contributed by atoms with van der Waals surface area (Å²) in [5.41, 5.74) is 1.60. The molecule has 1 aromatic rings. The Balaban J connectivity index is 2.07. The zero-order chi connectivity index (χ0) is 11.4. The van der Waals surface area contributed by atoms with E-state index >= 15 is 0 Å². The Bertz CT molecular complexity index is 375. The molecule has 0 radical (unpaired) electrons. The highest BCUT2D eigenvalue weighted by atomic mass is 32.2. The Hall–Kier alpha value is -1.16. The quantitative estimate of drug-likeness (QED) is 0.843. The van der Waals surface area contributed by atoms with E-state index in [4.69, 9.17) is 0 Å². The van der Waals surface area contributed by atoms with Gasteiger partial charge < -0.3 is 10.6 Å². The van der Waals surface area contributed by atoms with Crippen molar-refractivity contribution in [2.24, 2.45) is 0 Å². The van der Waals surface area contributed by atoms with Crippen LogP contribution < -0.4 is 10.6 Å². The number of hydrogen-bond donors (Lipinski definition) is 2. The monoisotopic (exact) mass is 236 g/mol. The SMILES string of the molecule is CNc1ccccc1C(=O)NC1CCSC1. The molecule has 2 rings (SSSR count). The van der Waals surface area contributed by atoms with Gasteiger partial charge in [-0.1, -0.05) is 12.1 Å². The van der Waals surface area contributed by atoms with Crippen LogP contribution in [0.25, 0.3) is 0 Å². The maximum absolute atomic E-state index is 12.0. The molecule has 1 unspecified atom stereocenters. The van der Waals surface area contributed by atoms with Crippen LogP contribution >= 0.6 is 11.8 Å². The van der Waals surface area contributed by atoms with Gasteiger partial charge in [0.2, 0.25) is 0 Å². The standard InChI is InChI=1S/C12H16N2OS/c1-13-11-5-3-2-4-10(11)12(15)14-9-6-7-16-8-9/h2-5,9,13H,6-8H2,1H3,(H,14,15). The lowest BCUT2D eigenvalue weighted by molar-refractivity contribution is 0.0942. The Morgan fingerprint density at radius 2 is 2.25 bits per heavy atom. The highest BCUT2D eigenvalue weighted by Gasteiger charge is 2.19. The van der Waals surface area contributed by atoms with Crippen LogP contribution in [0.1, 0.15) is 16.8 Å². The highest BCUT2D eigenvalue weighted by Crippen LogP contribution is 2.19. The molecule has 1 amide bonds. The van der Waals surface area contributed by atoms with E-state index in [1.807, 2.05) is 43.1 Å². The minimum atomic E-state index is 0.0254. The molecule has 16 heavy (non-hydrogen) atoms. The molecule has 1 aliphatic rings. The van der Waals surface area contributed by atoms with Crippen LogP contribution in [-0.2, 0) is 0 Å². The first-order valence-electron chi connectivity index (χ1n) is 5.46. The molecule has 1 atom stereocenters. The molecule has 0 saturated carbocycles. The smallest absolute Gasteiger partial charge is 0.253 e. The van der Waals surface area contributed by atoms with Gasteiger partial charge in [0.15, 0.2) is 0 Å². The number of carbonyl (C=O) groups is 1. The van der Waals surface area contributed by atoms with E-state index in [9.17, 15) is 4.79 Å². The maximum atomic E-state index is 12.0. The van der Waals surface area contributed by atoms with Gasteiger partial charge in [-0.3, -0.25) is 4.79 Å². The van der Waals surface area contributed by atoms with Crippen molar-refractivity contribution < 1.29 is 4.79 Å². The van der Waals surface area contributed by atoms with Crippen molar-refractivity contribution in [3.63, 3.8) is 0 Å². The van der Waals surface area contributed by atoms with Crippen molar-refractivity contribution in [3.8, 4) is 0 Å². The summed E-state index contributed by atoms with van der Waals surface area (Å²) >= 11 is 1.90. The van der Waals surface area contributed by atoms with E-state index in [0.29, 0.717) is 6.04 Å². The lowest BCUT2D eigenvalue weighted by Crippen LogP contribution is -2.34. The fraction of sp³-hybridized carbons (Fsp3) is 0.417. The van der Waals surface area contributed by atoms with Gasteiger partial charge in [-0.15, -0.1) is 0 Å². The molecule has 0 spiro atoms. The van der Waals surface area contributed by atoms with Gasteiger partial charge in [0.05, 0.1) is 5.56 Å². The molecule has 0 aliphatic carbocycles. The number of nitrogens with one attached hydrogen (secondary N) is 2. The predicted octanol–water partition coefficient (Wildman–Crippen LogP) is 1.96. The van der Waals surface area contributed by atoms with Crippen LogP contribution in [0.2, 0.25) is 0 Å². The zero-order valence-electron chi connectivity index (χ0n) is 9.32. The fourth-order valence-electron chi connectivity index (χ4n) is 1.81. The second-order valence-electron chi connectivity index (χ2n) is 3.83. The van der Waals surface area contributed by atoms with Gasteiger partial charge >= 0.3 is 0 Å². The number of hydrogen-bond acceptors (Lipinski definition) is 3. The normalized spacial score (nSPS) is 19.4. The van der Waals surface area contributed by atoms with Gasteiger partial charge in [-0.05, 0) is 24.3 Å². The predicted molar refractivity (Wildman–Crippen MR) is 69.2 cm³/mol. The lowest BCUT2D eigenvalue weighted by Gasteiger charge is -2.13. The van der Waals surface area contributed by atoms with Crippen LogP contribution in [0.5, 0.6) is 0 Å². The van der Waals surface area contributed by atoms with E-state index in [2.05, 4.69) is 10.6 Å². The summed E-state index contributed by atoms with van der Waals surface area (Å²) < 4.78 is 0. The molecule has 0 bridgehead atoms. The molecule has 1 aliphatic heterocycles. The van der Waals surface area contributed by atoms with Gasteiger partial charge in [0, 0.05) is 24.5 Å². The maximum Gasteiger partial charge on any atom is 0.253 e. The molecule has 0 aromatic heterocycles. The third kappa shape index (κ3) is 2.50. The molecule has 1 heterocycles. The van der Waals surface area contributed by atoms with Gasteiger partial charge in [0.25, 0.3) is 5.91 Å². The van der Waals surface area contributed by atoms with Gasteiger partial charge in [-0.25, -0.2) is 0 Å². The summed E-state index contributed by atoms with van der Waals surface area (Å²) in [6.45, 7) is 0. The van der Waals surface area contributed by atoms with Gasteiger partial charge in [-0.2, -0.15) is 11.8 Å². The second-order valence-corrected chi connectivity index (χ2v) is 4.98. The van der Waals surface area contributed by atoms with E-state index in [1.165, 1.54) is 0 Å². The Morgan fingerprint density at radius 1 is 1.44 bits per heavy atom. The van der Waals surface area contributed by atoms with Crippen molar-refractivity contribution in [1.82, 2.24) is 5.32 Å². The summed E-state index contributed by atoms with van der Waals surface area (Å²) in [7, 11) is 1.83. The van der Waals surface area contributed by atoms with Crippen molar-refractivity contribution in [2.45, 2.75) is 12.5 Å². The molecular weight excluding hydrogens is 220 g/mol. The molecule has 3 nitrogen and oxygen atoms in total. The Kier molecular flexibility index (Phi) is 3.72. The molecular formula is C12H16N2OS. The summed E-state index contributed by atoms with van der Waals surface area (Å²) in [4.78, 5) is 12.0. The minimum Gasteiger partial charge on any atom is -0.387 e. The summed E-state index contributed by atoms with van der Waals surface area (Å²) in [5.74, 6) is 2.21. The minimum absolute atomic E-state index is 0.0254. The molecule has 2 N–H and O–H groups in total. The van der Waals surface area contributed by atoms with E-state index in [0.717, 1.165) is 29.2 Å².